The van der Waals surface area contributed by atoms with E-state index in [0.717, 1.165) is 0 Å². The first-order chi connectivity index (χ1) is 4.00. The Morgan fingerprint density at radius 2 is 1.27 bits per heavy atom. The fraction of sp³-hybridized carbons (Fsp3) is 0. The second-order valence-corrected chi connectivity index (χ2v) is 4.19. The first-order valence-corrected chi connectivity index (χ1v) is 6.39. The number of nitrogens with two attached hydrogens (primary N) is 1. The molecule has 8 nitrogen and oxygen atoms in total. The molecule has 0 aliphatic carbocycles. The van der Waals surface area contributed by atoms with E-state index >= 15 is 0 Å². The molecular weight excluding hydrogens is 293 g/mol. The van der Waals surface area contributed by atoms with Crippen molar-refractivity contribution in [2.45, 2.75) is 0 Å². The average molecular weight is 299 g/mol. The maximum atomic E-state index is 8.97. The molecule has 0 atom stereocenters. The zero-order valence-corrected chi connectivity index (χ0v) is 11.3. The van der Waals surface area contributed by atoms with E-state index in [0.29, 0.717) is 0 Å². The predicted octanol–water partition coefficient (Wildman–Crippen LogP) is -5.49. The van der Waals surface area contributed by atoms with Crippen LogP contribution in [0.2, 0.25) is 0 Å². The Balaban J connectivity index is -0.0000000457. The van der Waals surface area contributed by atoms with Gasteiger partial charge in [-0.1, -0.05) is 0 Å². The van der Waals surface area contributed by atoms with Gasteiger partial charge in [0.1, 0.15) is 0 Å². The van der Waals surface area contributed by atoms with Gasteiger partial charge in [0.05, 0.1) is 0 Å². The van der Waals surface area contributed by atoms with Crippen molar-refractivity contribution in [2.75, 3.05) is 0 Å². The molecule has 0 bridgehead atoms. The van der Waals surface area contributed by atoms with Gasteiger partial charge in [0.2, 0.25) is 0 Å². The molecular formula is H6KMoNO7S. The molecule has 0 aromatic heterocycles. The van der Waals surface area contributed by atoms with Crippen LogP contribution >= 0.6 is 0 Å². The van der Waals surface area contributed by atoms with Crippen LogP contribution in [0.25, 0.3) is 0 Å². The molecule has 0 unspecified atom stereocenters. The summed E-state index contributed by atoms with van der Waals surface area (Å²) >= 11 is -5.52. The van der Waals surface area contributed by atoms with Crippen molar-refractivity contribution >= 4 is 10.3 Å². The molecule has 0 aliphatic rings. The molecule has 11 heavy (non-hydrogen) atoms. The van der Waals surface area contributed by atoms with Gasteiger partial charge in [-0.15, -0.1) is 0 Å². The Morgan fingerprint density at radius 3 is 1.27 bits per heavy atom. The fourth-order valence-electron chi connectivity index (χ4n) is 0. The minimum atomic E-state index is -5.52. The summed E-state index contributed by atoms with van der Waals surface area (Å²) < 4.78 is 57.2. The molecule has 0 aromatic carbocycles. The Hall–Kier alpha value is 1.71. The molecule has 0 fully saturated rings. The zero-order chi connectivity index (χ0) is 9.00. The molecule has 5 N–H and O–H groups in total. The van der Waals surface area contributed by atoms with E-state index in [9.17, 15) is 0 Å². The maximum absolute atomic E-state index is 8.97. The average Bonchev–Trinajstić information content (AvgIpc) is 1.12. The Kier molecular flexibility index (Phi) is 12.0. The van der Waals surface area contributed by atoms with Crippen LogP contribution in [0, 0.1) is 0 Å². The van der Waals surface area contributed by atoms with E-state index in [4.69, 9.17) is 27.3 Å². The standard InChI is InChI=1S/K.Mo.H3NO3S.2H2O.2O.H/c;;1-5(2,3)4;;;;;/h;;(H3,1,2,3,4);2*1H2;;;/q+1;+2;;;;;;-1/p-2. The van der Waals surface area contributed by atoms with Crippen LogP contribution in [0.1, 0.15) is 1.43 Å². The monoisotopic (exact) mass is 301 g/mol. The third kappa shape index (κ3) is 376. The van der Waals surface area contributed by atoms with Gasteiger partial charge in [0.15, 0.2) is 0 Å². The van der Waals surface area contributed by atoms with E-state index < -0.39 is 27.1 Å². The van der Waals surface area contributed by atoms with Gasteiger partial charge < -0.3 is 1.43 Å². The second-order valence-electron chi connectivity index (χ2n) is 0.963. The molecule has 0 saturated carbocycles. The van der Waals surface area contributed by atoms with E-state index in [-0.39, 0.29) is 52.8 Å². The van der Waals surface area contributed by atoms with Crippen LogP contribution in [0.15, 0.2) is 0 Å². The van der Waals surface area contributed by atoms with E-state index in [1.807, 2.05) is 0 Å². The normalized spacial score (nSPS) is 10.5. The summed E-state index contributed by atoms with van der Waals surface area (Å²) in [5, 5.41) is 3.88. The summed E-state index contributed by atoms with van der Waals surface area (Å²) in [6, 6.07) is 0. The first-order valence-electron chi connectivity index (χ1n) is 1.45. The molecule has 0 spiro atoms. The van der Waals surface area contributed by atoms with Crippen LogP contribution in [-0.4, -0.2) is 20.5 Å². The van der Waals surface area contributed by atoms with Crippen LogP contribution < -0.4 is 56.5 Å². The summed E-state index contributed by atoms with van der Waals surface area (Å²) in [5.74, 6) is 0. The van der Waals surface area contributed by atoms with Crippen LogP contribution in [0.4, 0.5) is 0 Å². The van der Waals surface area contributed by atoms with E-state index in [1.165, 1.54) is 0 Å². The molecule has 0 aromatic rings. The topological polar surface area (TPSA) is 155 Å². The molecule has 11 heteroatoms. The number of hydrogen-bond acceptors (Lipinski definition) is 4. The van der Waals surface area contributed by atoms with Crippen molar-refractivity contribution in [2.24, 2.45) is 5.14 Å². The Morgan fingerprint density at radius 1 is 1.27 bits per heavy atom. The van der Waals surface area contributed by atoms with Gasteiger partial charge in [-0.05, 0) is 0 Å². The molecule has 0 saturated heterocycles. The number of hydrogen-bond donors (Lipinski definition) is 4. The van der Waals surface area contributed by atoms with Gasteiger partial charge in [-0.2, -0.15) is 8.42 Å². The molecule has 0 radical (unpaired) electrons. The summed E-state index contributed by atoms with van der Waals surface area (Å²) in [6.45, 7) is 0. The van der Waals surface area contributed by atoms with Gasteiger partial charge in [0.25, 0.3) is 0 Å². The predicted molar refractivity (Wildman–Crippen MR) is 22.7 cm³/mol. The Labute approximate surface area is 110 Å². The molecule has 0 rings (SSSR count). The zero-order valence-electron chi connectivity index (χ0n) is 6.37. The fourth-order valence-corrected chi connectivity index (χ4v) is 0. The summed E-state index contributed by atoms with van der Waals surface area (Å²) in [5.41, 5.74) is 0. The van der Waals surface area contributed by atoms with Crippen LogP contribution in [0.3, 0.4) is 0 Å². The van der Waals surface area contributed by atoms with Crippen molar-refractivity contribution in [3.8, 4) is 0 Å². The number of rotatable bonds is 0. The third-order valence-corrected chi connectivity index (χ3v) is 0. The summed E-state index contributed by atoms with van der Waals surface area (Å²) in [7, 11) is -4.17. The summed E-state index contributed by atoms with van der Waals surface area (Å²) in [6.07, 6.45) is 0. The van der Waals surface area contributed by atoms with Crippen molar-refractivity contribution in [1.82, 2.24) is 0 Å². The van der Waals surface area contributed by atoms with Crippen molar-refractivity contribution < 1.29 is 96.8 Å². The Bertz CT molecular complexity index is 220. The van der Waals surface area contributed by atoms with E-state index in [2.05, 4.69) is 5.14 Å². The SMILES string of the molecule is NS(=O)(=O)O.[H-].[K+].[O]=[Mo](=[O])([OH])[OH]. The van der Waals surface area contributed by atoms with Gasteiger partial charge in [-0.25, -0.2) is 5.14 Å². The van der Waals surface area contributed by atoms with Gasteiger partial charge >= 0.3 is 92.8 Å². The van der Waals surface area contributed by atoms with E-state index in [1.54, 1.807) is 0 Å². The molecule has 0 aliphatic heterocycles. The third-order valence-electron chi connectivity index (χ3n) is 0. The minimum absolute atomic E-state index is 0. The van der Waals surface area contributed by atoms with Crippen molar-refractivity contribution in [3.63, 3.8) is 0 Å². The summed E-state index contributed by atoms with van der Waals surface area (Å²) in [4.78, 5) is 0. The quantitative estimate of drug-likeness (QED) is 0.257. The molecule has 66 valence electrons. The molecule has 0 heterocycles. The molecule has 0 amide bonds. The van der Waals surface area contributed by atoms with Gasteiger partial charge in [-0.3, -0.25) is 4.55 Å². The van der Waals surface area contributed by atoms with Crippen LogP contribution in [-0.2, 0) is 33.8 Å². The van der Waals surface area contributed by atoms with Gasteiger partial charge in [0, 0.05) is 0 Å². The van der Waals surface area contributed by atoms with Crippen molar-refractivity contribution in [1.29, 1.82) is 0 Å². The van der Waals surface area contributed by atoms with Crippen LogP contribution in [0.5, 0.6) is 0 Å². The van der Waals surface area contributed by atoms with Crippen molar-refractivity contribution in [3.05, 3.63) is 0 Å². The second kappa shape index (κ2) is 7.15. The first kappa shape index (κ1) is 18.5.